The Kier molecular flexibility index (Phi) is 9.67. The number of nitrogens with one attached hydrogen (secondary N) is 2. The smallest absolute Gasteiger partial charge is 0.191 e. The van der Waals surface area contributed by atoms with Gasteiger partial charge in [0.1, 0.15) is 18.1 Å². The number of ether oxygens (including phenoxy) is 3. The van der Waals surface area contributed by atoms with Crippen LogP contribution in [0.25, 0.3) is 0 Å². The fraction of sp³-hybridized carbons (Fsp3) is 0.632. The van der Waals surface area contributed by atoms with Gasteiger partial charge in [0, 0.05) is 32.7 Å². The predicted octanol–water partition coefficient (Wildman–Crippen LogP) is 1.35. The Hall–Kier alpha value is -1.99. The third-order valence-corrected chi connectivity index (χ3v) is 4.07. The first-order valence-corrected chi connectivity index (χ1v) is 9.41. The molecule has 2 N–H and O–H groups in total. The highest BCUT2D eigenvalue weighted by Gasteiger charge is 2.09. The molecule has 0 amide bonds. The SMILES string of the molecule is CCNC(=NCCCN1CCOCC1)NCCOc1ccc(OC)cc1. The number of benzene rings is 1. The molecular formula is C19H32N4O3. The minimum atomic E-state index is 0.574. The molecule has 0 aromatic heterocycles. The molecular weight excluding hydrogens is 332 g/mol. The van der Waals surface area contributed by atoms with Gasteiger partial charge in [-0.3, -0.25) is 9.89 Å². The molecule has 1 heterocycles. The van der Waals surface area contributed by atoms with Crippen LogP contribution in [0.3, 0.4) is 0 Å². The minimum absolute atomic E-state index is 0.574. The summed E-state index contributed by atoms with van der Waals surface area (Å²) in [5.74, 6) is 2.50. The van der Waals surface area contributed by atoms with Crippen molar-refractivity contribution in [2.24, 2.45) is 4.99 Å². The number of rotatable bonds is 10. The Morgan fingerprint density at radius 2 is 1.88 bits per heavy atom. The van der Waals surface area contributed by atoms with E-state index in [1.807, 2.05) is 24.3 Å². The van der Waals surface area contributed by atoms with Gasteiger partial charge in [0.25, 0.3) is 0 Å². The quantitative estimate of drug-likeness (QED) is 0.371. The Morgan fingerprint density at radius 3 is 2.58 bits per heavy atom. The maximum atomic E-state index is 5.72. The summed E-state index contributed by atoms with van der Waals surface area (Å²) in [5.41, 5.74) is 0. The highest BCUT2D eigenvalue weighted by atomic mass is 16.5. The van der Waals surface area contributed by atoms with E-state index in [-0.39, 0.29) is 0 Å². The molecule has 0 atom stereocenters. The lowest BCUT2D eigenvalue weighted by molar-refractivity contribution is 0.0377. The fourth-order valence-corrected chi connectivity index (χ4v) is 2.66. The van der Waals surface area contributed by atoms with Crippen molar-refractivity contribution in [3.8, 4) is 11.5 Å². The van der Waals surface area contributed by atoms with Crippen molar-refractivity contribution in [2.75, 3.05) is 66.2 Å². The van der Waals surface area contributed by atoms with Crippen molar-refractivity contribution in [1.82, 2.24) is 15.5 Å². The van der Waals surface area contributed by atoms with E-state index in [9.17, 15) is 0 Å². The fourth-order valence-electron chi connectivity index (χ4n) is 2.66. The van der Waals surface area contributed by atoms with Gasteiger partial charge in [-0.25, -0.2) is 0 Å². The van der Waals surface area contributed by atoms with Crippen LogP contribution >= 0.6 is 0 Å². The summed E-state index contributed by atoms with van der Waals surface area (Å²) in [4.78, 5) is 7.06. The number of methoxy groups -OCH3 is 1. The van der Waals surface area contributed by atoms with Gasteiger partial charge in [0.05, 0.1) is 26.9 Å². The molecule has 0 saturated carbocycles. The van der Waals surface area contributed by atoms with Crippen LogP contribution in [-0.4, -0.2) is 77.1 Å². The second kappa shape index (κ2) is 12.4. The third-order valence-electron chi connectivity index (χ3n) is 4.07. The van der Waals surface area contributed by atoms with Crippen molar-refractivity contribution in [3.63, 3.8) is 0 Å². The molecule has 0 bridgehead atoms. The van der Waals surface area contributed by atoms with Crippen LogP contribution in [-0.2, 0) is 4.74 Å². The molecule has 7 heteroatoms. The molecule has 0 unspecified atom stereocenters. The lowest BCUT2D eigenvalue weighted by Crippen LogP contribution is -2.39. The number of nitrogens with zero attached hydrogens (tertiary/aromatic N) is 2. The van der Waals surface area contributed by atoms with Crippen molar-refractivity contribution in [2.45, 2.75) is 13.3 Å². The molecule has 2 rings (SSSR count). The van der Waals surface area contributed by atoms with E-state index in [0.717, 1.165) is 69.8 Å². The first-order chi connectivity index (χ1) is 12.8. The first-order valence-electron chi connectivity index (χ1n) is 9.41. The van der Waals surface area contributed by atoms with Gasteiger partial charge < -0.3 is 24.8 Å². The molecule has 1 aromatic carbocycles. The van der Waals surface area contributed by atoms with Crippen molar-refractivity contribution >= 4 is 5.96 Å². The van der Waals surface area contributed by atoms with Crippen molar-refractivity contribution in [1.29, 1.82) is 0 Å². The largest absolute Gasteiger partial charge is 0.497 e. The number of morpholine rings is 1. The van der Waals surface area contributed by atoms with Crippen LogP contribution in [0.15, 0.2) is 29.3 Å². The maximum Gasteiger partial charge on any atom is 0.191 e. The lowest BCUT2D eigenvalue weighted by atomic mass is 10.3. The molecule has 0 spiro atoms. The van der Waals surface area contributed by atoms with Crippen LogP contribution in [0.1, 0.15) is 13.3 Å². The lowest BCUT2D eigenvalue weighted by Gasteiger charge is -2.26. The summed E-state index contributed by atoms with van der Waals surface area (Å²) < 4.78 is 16.2. The normalized spacial score (nSPS) is 15.5. The standard InChI is InChI=1S/C19H32N4O3/c1-3-20-19(21-9-4-11-23-12-15-25-16-13-23)22-10-14-26-18-7-5-17(24-2)6-8-18/h5-8H,3-4,9-16H2,1-2H3,(H2,20,21,22). The average molecular weight is 364 g/mol. The van der Waals surface area contributed by atoms with E-state index in [0.29, 0.717) is 13.2 Å². The zero-order chi connectivity index (χ0) is 18.5. The van der Waals surface area contributed by atoms with Gasteiger partial charge in [-0.05, 0) is 37.6 Å². The second-order valence-corrected chi connectivity index (χ2v) is 6.02. The first kappa shape index (κ1) is 20.3. The Morgan fingerprint density at radius 1 is 1.15 bits per heavy atom. The van der Waals surface area contributed by atoms with E-state index in [1.165, 1.54) is 0 Å². The Balaban J connectivity index is 1.62. The van der Waals surface area contributed by atoms with Crippen LogP contribution in [0.2, 0.25) is 0 Å². The number of hydrogen-bond acceptors (Lipinski definition) is 5. The zero-order valence-electron chi connectivity index (χ0n) is 16.0. The summed E-state index contributed by atoms with van der Waals surface area (Å²) in [5, 5.41) is 6.58. The van der Waals surface area contributed by atoms with E-state index in [4.69, 9.17) is 14.2 Å². The van der Waals surface area contributed by atoms with Crippen LogP contribution < -0.4 is 20.1 Å². The highest BCUT2D eigenvalue weighted by molar-refractivity contribution is 5.79. The van der Waals surface area contributed by atoms with E-state index in [2.05, 4.69) is 27.4 Å². The van der Waals surface area contributed by atoms with Gasteiger partial charge in [0.15, 0.2) is 5.96 Å². The van der Waals surface area contributed by atoms with E-state index < -0.39 is 0 Å². The van der Waals surface area contributed by atoms with E-state index in [1.54, 1.807) is 7.11 Å². The van der Waals surface area contributed by atoms with Gasteiger partial charge in [-0.2, -0.15) is 0 Å². The van der Waals surface area contributed by atoms with E-state index >= 15 is 0 Å². The van der Waals surface area contributed by atoms with Crippen molar-refractivity contribution in [3.05, 3.63) is 24.3 Å². The number of guanidine groups is 1. The highest BCUT2D eigenvalue weighted by Crippen LogP contribution is 2.16. The van der Waals surface area contributed by atoms with Gasteiger partial charge in [-0.1, -0.05) is 0 Å². The summed E-state index contributed by atoms with van der Waals surface area (Å²) in [7, 11) is 1.66. The van der Waals surface area contributed by atoms with Crippen molar-refractivity contribution < 1.29 is 14.2 Å². The third kappa shape index (κ3) is 7.93. The summed E-state index contributed by atoms with van der Waals surface area (Å²) >= 11 is 0. The monoisotopic (exact) mass is 364 g/mol. The Bertz CT molecular complexity index is 516. The van der Waals surface area contributed by atoms with Gasteiger partial charge >= 0.3 is 0 Å². The summed E-state index contributed by atoms with van der Waals surface area (Å²) in [6.07, 6.45) is 1.05. The summed E-state index contributed by atoms with van der Waals surface area (Å²) in [6, 6.07) is 7.60. The molecule has 1 aliphatic rings. The number of hydrogen-bond donors (Lipinski definition) is 2. The second-order valence-electron chi connectivity index (χ2n) is 6.02. The van der Waals surface area contributed by atoms with Crippen LogP contribution in [0.5, 0.6) is 11.5 Å². The average Bonchev–Trinajstić information content (AvgIpc) is 2.69. The molecule has 1 aliphatic heterocycles. The molecule has 0 radical (unpaired) electrons. The maximum absolute atomic E-state index is 5.72. The zero-order valence-corrected chi connectivity index (χ0v) is 16.0. The minimum Gasteiger partial charge on any atom is -0.497 e. The molecule has 1 saturated heterocycles. The molecule has 0 aliphatic carbocycles. The predicted molar refractivity (Wildman–Crippen MR) is 104 cm³/mol. The Labute approximate surface area is 156 Å². The van der Waals surface area contributed by atoms with Gasteiger partial charge in [-0.15, -0.1) is 0 Å². The molecule has 146 valence electrons. The molecule has 7 nitrogen and oxygen atoms in total. The van der Waals surface area contributed by atoms with Gasteiger partial charge in [0.2, 0.25) is 0 Å². The van der Waals surface area contributed by atoms with Crippen LogP contribution in [0, 0.1) is 0 Å². The molecule has 1 aromatic rings. The number of aliphatic imine (C=N–C) groups is 1. The molecule has 1 fully saturated rings. The van der Waals surface area contributed by atoms with Crippen LogP contribution in [0.4, 0.5) is 0 Å². The molecule has 26 heavy (non-hydrogen) atoms. The summed E-state index contributed by atoms with van der Waals surface area (Å²) in [6.45, 7) is 9.83. The topological polar surface area (TPSA) is 67.4 Å².